The lowest BCUT2D eigenvalue weighted by Crippen LogP contribution is -2.39. The molecule has 0 bridgehead atoms. The van der Waals surface area contributed by atoms with Crippen molar-refractivity contribution in [2.24, 2.45) is 4.99 Å². The van der Waals surface area contributed by atoms with Crippen molar-refractivity contribution >= 4 is 40.8 Å². The summed E-state index contributed by atoms with van der Waals surface area (Å²) in [5, 5.41) is 11.4. The number of thiazole rings is 1. The van der Waals surface area contributed by atoms with Crippen molar-refractivity contribution < 1.29 is 18.9 Å². The van der Waals surface area contributed by atoms with Gasteiger partial charge in [-0.05, 0) is 56.9 Å². The zero-order chi connectivity index (χ0) is 28.6. The van der Waals surface area contributed by atoms with Gasteiger partial charge in [0.2, 0.25) is 0 Å². The minimum atomic E-state index is -0.700. The third-order valence-electron chi connectivity index (χ3n) is 6.54. The number of rotatable bonds is 7. The summed E-state index contributed by atoms with van der Waals surface area (Å²) in [6.07, 6.45) is 3.60. The molecule has 0 spiro atoms. The highest BCUT2D eigenvalue weighted by Crippen LogP contribution is 2.32. The lowest BCUT2D eigenvalue weighted by atomic mass is 9.96. The molecular formula is C29H25N3O6S2. The van der Waals surface area contributed by atoms with Gasteiger partial charge in [-0.1, -0.05) is 35.6 Å². The second kappa shape index (κ2) is 11.1. The first-order valence-corrected chi connectivity index (χ1v) is 14.4. The van der Waals surface area contributed by atoms with Gasteiger partial charge in [-0.15, -0.1) is 11.8 Å². The molecule has 1 aliphatic heterocycles. The van der Waals surface area contributed by atoms with E-state index in [1.54, 1.807) is 62.9 Å². The van der Waals surface area contributed by atoms with Gasteiger partial charge >= 0.3 is 5.97 Å². The molecule has 2 aromatic carbocycles. The number of hydrogen-bond donors (Lipinski definition) is 0. The SMILES string of the molecule is CCOC(=O)C1=C(C)N=c2sc(=Cc3ccc(-c4ccc(C)c([N+](=O)[O-])c4)o3)c(=O)n2C1c1ccc(SC)cc1. The topological polar surface area (TPSA) is 117 Å². The van der Waals surface area contributed by atoms with Crippen LogP contribution in [0, 0.1) is 17.0 Å². The molecule has 40 heavy (non-hydrogen) atoms. The van der Waals surface area contributed by atoms with Crippen molar-refractivity contribution in [1.82, 2.24) is 4.57 Å². The number of nitro benzene ring substituents is 1. The average Bonchev–Trinajstić information content (AvgIpc) is 3.52. The molecule has 0 N–H and O–H groups in total. The van der Waals surface area contributed by atoms with E-state index in [4.69, 9.17) is 9.15 Å². The second-order valence-corrected chi connectivity index (χ2v) is 10.9. The van der Waals surface area contributed by atoms with Gasteiger partial charge in [0.25, 0.3) is 11.2 Å². The summed E-state index contributed by atoms with van der Waals surface area (Å²) in [4.78, 5) is 43.9. The third kappa shape index (κ3) is 5.05. The molecule has 1 unspecified atom stereocenters. The van der Waals surface area contributed by atoms with Crippen molar-refractivity contribution in [3.8, 4) is 11.3 Å². The lowest BCUT2D eigenvalue weighted by Gasteiger charge is -2.24. The van der Waals surface area contributed by atoms with E-state index in [0.29, 0.717) is 43.3 Å². The summed E-state index contributed by atoms with van der Waals surface area (Å²) in [6.45, 7) is 5.35. The predicted octanol–water partition coefficient (Wildman–Crippen LogP) is 5.00. The zero-order valence-electron chi connectivity index (χ0n) is 22.2. The van der Waals surface area contributed by atoms with E-state index in [1.165, 1.54) is 22.0 Å². The third-order valence-corrected chi connectivity index (χ3v) is 8.27. The molecule has 0 fully saturated rings. The standard InChI is InChI=1S/C29H25N3O6S2/c1-5-37-28(34)25-17(3)30-29-31(26(25)18-8-11-21(39-4)12-9-18)27(33)24(40-29)15-20-10-13-23(38-20)19-7-6-16(2)22(14-19)32(35)36/h6-15,26H,5H2,1-4H3. The van der Waals surface area contributed by atoms with Gasteiger partial charge in [0.1, 0.15) is 11.5 Å². The van der Waals surface area contributed by atoms with Crippen LogP contribution in [0.3, 0.4) is 0 Å². The van der Waals surface area contributed by atoms with Crippen LogP contribution >= 0.6 is 23.1 Å². The van der Waals surface area contributed by atoms with Crippen molar-refractivity contribution in [3.63, 3.8) is 0 Å². The number of allylic oxidation sites excluding steroid dienone is 1. The molecule has 204 valence electrons. The Morgan fingerprint density at radius 1 is 1.20 bits per heavy atom. The number of aryl methyl sites for hydroxylation is 1. The summed E-state index contributed by atoms with van der Waals surface area (Å²) in [5.41, 5.74) is 2.37. The number of nitro groups is 1. The fourth-order valence-corrected chi connectivity index (χ4v) is 6.00. The molecule has 1 aliphatic rings. The van der Waals surface area contributed by atoms with Crippen LogP contribution in [0.2, 0.25) is 0 Å². The number of nitrogens with zero attached hydrogens (tertiary/aromatic N) is 3. The van der Waals surface area contributed by atoms with Gasteiger partial charge in [0, 0.05) is 28.2 Å². The number of furan rings is 1. The minimum Gasteiger partial charge on any atom is -0.463 e. The fourth-order valence-electron chi connectivity index (χ4n) is 4.57. The highest BCUT2D eigenvalue weighted by atomic mass is 32.2. The summed E-state index contributed by atoms with van der Waals surface area (Å²) < 4.78 is 13.2. The van der Waals surface area contributed by atoms with E-state index in [-0.39, 0.29) is 17.9 Å². The lowest BCUT2D eigenvalue weighted by molar-refractivity contribution is -0.385. The smallest absolute Gasteiger partial charge is 0.338 e. The van der Waals surface area contributed by atoms with Crippen molar-refractivity contribution in [2.75, 3.05) is 12.9 Å². The molecule has 5 rings (SSSR count). The summed E-state index contributed by atoms with van der Waals surface area (Å²) in [7, 11) is 0. The average molecular weight is 576 g/mol. The molecule has 11 heteroatoms. The molecule has 4 aromatic rings. The van der Waals surface area contributed by atoms with Crippen LogP contribution in [0.15, 0.2) is 85.0 Å². The molecule has 2 aromatic heterocycles. The Kier molecular flexibility index (Phi) is 7.59. The van der Waals surface area contributed by atoms with Gasteiger partial charge in [0.15, 0.2) is 4.80 Å². The van der Waals surface area contributed by atoms with Gasteiger partial charge in [-0.25, -0.2) is 9.79 Å². The van der Waals surface area contributed by atoms with Gasteiger partial charge in [0.05, 0.1) is 33.4 Å². The number of benzene rings is 2. The predicted molar refractivity (Wildman–Crippen MR) is 154 cm³/mol. The number of carbonyl (C=O) groups excluding carboxylic acids is 1. The number of hydrogen-bond acceptors (Lipinski definition) is 9. The van der Waals surface area contributed by atoms with Crippen molar-refractivity contribution in [2.45, 2.75) is 31.7 Å². The fraction of sp³-hybridized carbons (Fsp3) is 0.207. The summed E-state index contributed by atoms with van der Waals surface area (Å²) >= 11 is 2.80. The number of esters is 1. The van der Waals surface area contributed by atoms with Crippen LogP contribution in [0.4, 0.5) is 5.69 Å². The first-order valence-electron chi connectivity index (χ1n) is 12.4. The molecule has 1 atom stereocenters. The van der Waals surface area contributed by atoms with Crippen LogP contribution in [0.5, 0.6) is 0 Å². The van der Waals surface area contributed by atoms with Crippen LogP contribution in [0.25, 0.3) is 17.4 Å². The van der Waals surface area contributed by atoms with E-state index in [2.05, 4.69) is 4.99 Å². The van der Waals surface area contributed by atoms with Crippen LogP contribution in [0.1, 0.15) is 36.8 Å². The molecule has 9 nitrogen and oxygen atoms in total. The second-order valence-electron chi connectivity index (χ2n) is 9.04. The molecule has 0 aliphatic carbocycles. The maximum Gasteiger partial charge on any atom is 0.338 e. The Hall–Kier alpha value is -4.22. The summed E-state index contributed by atoms with van der Waals surface area (Å²) in [6, 6.07) is 15.3. The van der Waals surface area contributed by atoms with E-state index in [0.717, 1.165) is 10.5 Å². The molecule has 0 radical (unpaired) electrons. The first kappa shape index (κ1) is 27.4. The normalized spacial score (nSPS) is 15.1. The van der Waals surface area contributed by atoms with Crippen molar-refractivity contribution in [1.29, 1.82) is 0 Å². The van der Waals surface area contributed by atoms with Crippen LogP contribution in [-0.4, -0.2) is 28.3 Å². The van der Waals surface area contributed by atoms with E-state index in [9.17, 15) is 19.7 Å². The van der Waals surface area contributed by atoms with E-state index < -0.39 is 16.9 Å². The van der Waals surface area contributed by atoms with Crippen molar-refractivity contribution in [3.05, 3.63) is 113 Å². The van der Waals surface area contributed by atoms with Crippen LogP contribution in [-0.2, 0) is 9.53 Å². The number of fused-ring (bicyclic) bond motifs is 1. The number of carbonyl (C=O) groups is 1. The number of ether oxygens (including phenoxy) is 1. The minimum absolute atomic E-state index is 0.00194. The zero-order valence-corrected chi connectivity index (χ0v) is 23.8. The highest BCUT2D eigenvalue weighted by molar-refractivity contribution is 7.98. The first-order chi connectivity index (χ1) is 19.2. The molecule has 0 amide bonds. The quantitative estimate of drug-likeness (QED) is 0.132. The number of aromatic nitrogens is 1. The van der Waals surface area contributed by atoms with Gasteiger partial charge < -0.3 is 9.15 Å². The van der Waals surface area contributed by atoms with E-state index >= 15 is 0 Å². The molecule has 0 saturated heterocycles. The van der Waals surface area contributed by atoms with Crippen LogP contribution < -0.4 is 14.9 Å². The Balaban J connectivity index is 1.61. The number of thioether (sulfide) groups is 1. The Morgan fingerprint density at radius 3 is 2.62 bits per heavy atom. The maximum absolute atomic E-state index is 13.8. The Morgan fingerprint density at radius 2 is 1.95 bits per heavy atom. The van der Waals surface area contributed by atoms with Gasteiger partial charge in [-0.2, -0.15) is 0 Å². The van der Waals surface area contributed by atoms with E-state index in [1.807, 2.05) is 30.5 Å². The summed E-state index contributed by atoms with van der Waals surface area (Å²) in [5.74, 6) is 0.333. The monoisotopic (exact) mass is 575 g/mol. The molecular weight excluding hydrogens is 550 g/mol. The molecule has 3 heterocycles. The largest absolute Gasteiger partial charge is 0.463 e. The Labute approximate surface area is 237 Å². The molecule has 0 saturated carbocycles. The maximum atomic E-state index is 13.8. The highest BCUT2D eigenvalue weighted by Gasteiger charge is 2.33. The van der Waals surface area contributed by atoms with Gasteiger partial charge in [-0.3, -0.25) is 19.5 Å². The Bertz CT molecular complexity index is 1850.